The van der Waals surface area contributed by atoms with E-state index < -0.39 is 16.6 Å². The highest BCUT2D eigenvalue weighted by molar-refractivity contribution is 8.24. The fourth-order valence-corrected chi connectivity index (χ4v) is 7.20. The third kappa shape index (κ3) is 6.47. The van der Waals surface area contributed by atoms with Gasteiger partial charge in [0.05, 0.1) is 23.4 Å². The van der Waals surface area contributed by atoms with E-state index in [2.05, 4.69) is 30.9 Å². The number of nitrogens with zero attached hydrogens (tertiary/aromatic N) is 2. The van der Waals surface area contributed by atoms with E-state index in [1.807, 2.05) is 43.3 Å². The van der Waals surface area contributed by atoms with E-state index in [9.17, 15) is 13.9 Å². The molecule has 7 nitrogen and oxygen atoms in total. The molecule has 2 N–H and O–H groups in total. The van der Waals surface area contributed by atoms with Crippen molar-refractivity contribution in [3.63, 3.8) is 0 Å². The van der Waals surface area contributed by atoms with E-state index >= 15 is 0 Å². The molecule has 2 aromatic carbocycles. The summed E-state index contributed by atoms with van der Waals surface area (Å²) in [5.74, 6) is 0.241. The summed E-state index contributed by atoms with van der Waals surface area (Å²) in [7, 11) is 1.97. The van der Waals surface area contributed by atoms with Crippen LogP contribution in [0, 0.1) is 5.41 Å². The molecule has 1 aliphatic rings. The molecule has 0 bridgehead atoms. The minimum Gasteiger partial charge on any atom is -0.480 e. The number of esters is 1. The number of methoxy groups -OCH3 is 1. The van der Waals surface area contributed by atoms with Crippen molar-refractivity contribution in [3.05, 3.63) is 42.5 Å². The van der Waals surface area contributed by atoms with Crippen LogP contribution in [0.15, 0.2) is 47.4 Å². The number of rotatable bonds is 11. The van der Waals surface area contributed by atoms with E-state index in [0.29, 0.717) is 22.9 Å². The van der Waals surface area contributed by atoms with Crippen LogP contribution in [-0.2, 0) is 9.53 Å². The second kappa shape index (κ2) is 12.2. The molecule has 0 saturated carbocycles. The SMILES string of the molecule is CCCCC1(CCCC)CN(c2ccccc2)c2cc(N(C)C)c(OCC(=O)OC)cc2S(O)(O)C1. The zero-order chi connectivity index (χ0) is 26.3. The maximum Gasteiger partial charge on any atom is 0.343 e. The van der Waals surface area contributed by atoms with Crippen LogP contribution in [0.25, 0.3) is 0 Å². The highest BCUT2D eigenvalue weighted by Gasteiger charge is 2.42. The summed E-state index contributed by atoms with van der Waals surface area (Å²) in [6, 6.07) is 13.8. The van der Waals surface area contributed by atoms with Crippen LogP contribution in [0.5, 0.6) is 5.75 Å². The zero-order valence-electron chi connectivity index (χ0n) is 22.3. The maximum absolute atomic E-state index is 11.8. The molecule has 1 heterocycles. The molecule has 1 aliphatic heterocycles. The molecule has 8 heteroatoms. The van der Waals surface area contributed by atoms with Crippen LogP contribution in [0.2, 0.25) is 0 Å². The third-order valence-corrected chi connectivity index (χ3v) is 8.97. The van der Waals surface area contributed by atoms with Crippen molar-refractivity contribution >= 4 is 33.6 Å². The molecule has 0 fully saturated rings. The number of hydrogen-bond donors (Lipinski definition) is 2. The van der Waals surface area contributed by atoms with Crippen molar-refractivity contribution in [1.29, 1.82) is 0 Å². The standard InChI is InChI=1S/C28H42N2O5S/c1-6-8-15-28(16-9-7-2)20-30(22-13-11-10-12-14-22)24-17-23(29(3)4)25(35-19-27(31)34-5)18-26(24)36(32,33)21-28/h10-14,17-18,32-33H,6-9,15-16,19-21H2,1-5H3. The second-order valence-corrected chi connectivity index (χ2v) is 12.0. The Morgan fingerprint density at radius 1 is 1.08 bits per heavy atom. The summed E-state index contributed by atoms with van der Waals surface area (Å²) in [6.45, 7) is 4.81. The van der Waals surface area contributed by atoms with Crippen molar-refractivity contribution in [2.45, 2.75) is 57.3 Å². The van der Waals surface area contributed by atoms with E-state index in [1.54, 1.807) is 6.07 Å². The van der Waals surface area contributed by atoms with Gasteiger partial charge in [0.25, 0.3) is 0 Å². The monoisotopic (exact) mass is 518 g/mol. The Morgan fingerprint density at radius 2 is 1.72 bits per heavy atom. The molecule has 0 aromatic heterocycles. The zero-order valence-corrected chi connectivity index (χ0v) is 23.1. The molecule has 0 amide bonds. The minimum atomic E-state index is -3.15. The van der Waals surface area contributed by atoms with E-state index in [0.717, 1.165) is 55.6 Å². The Labute approximate surface area is 217 Å². The molecule has 200 valence electrons. The first-order chi connectivity index (χ1) is 17.2. The van der Waals surface area contributed by atoms with Crippen LogP contribution < -0.4 is 14.5 Å². The van der Waals surface area contributed by atoms with Crippen molar-refractivity contribution < 1.29 is 23.4 Å². The molecule has 2 aromatic rings. The van der Waals surface area contributed by atoms with Gasteiger partial charge in [0.15, 0.2) is 6.61 Å². The van der Waals surface area contributed by atoms with Crippen LogP contribution in [0.4, 0.5) is 17.1 Å². The molecule has 3 rings (SSSR count). The minimum absolute atomic E-state index is 0.245. The van der Waals surface area contributed by atoms with Gasteiger partial charge >= 0.3 is 5.97 Å². The smallest absolute Gasteiger partial charge is 0.343 e. The van der Waals surface area contributed by atoms with Gasteiger partial charge in [-0.3, -0.25) is 9.11 Å². The molecule has 0 spiro atoms. The highest BCUT2D eigenvalue weighted by atomic mass is 32.3. The van der Waals surface area contributed by atoms with Crippen LogP contribution in [0.1, 0.15) is 52.4 Å². The van der Waals surface area contributed by atoms with Gasteiger partial charge < -0.3 is 19.3 Å². The average molecular weight is 519 g/mol. The fourth-order valence-electron chi connectivity index (χ4n) is 5.01. The number of para-hydroxylation sites is 1. The lowest BCUT2D eigenvalue weighted by atomic mass is 9.79. The quantitative estimate of drug-likeness (QED) is 0.312. The number of anilines is 3. The molecule has 0 radical (unpaired) electrons. The first-order valence-electron chi connectivity index (χ1n) is 12.8. The summed E-state index contributed by atoms with van der Waals surface area (Å²) in [4.78, 5) is 16.4. The first-order valence-corrected chi connectivity index (χ1v) is 14.5. The first kappa shape index (κ1) is 28.2. The van der Waals surface area contributed by atoms with Gasteiger partial charge in [-0.05, 0) is 31.0 Å². The summed E-state index contributed by atoms with van der Waals surface area (Å²) in [6.07, 6.45) is 6.05. The van der Waals surface area contributed by atoms with Gasteiger partial charge in [-0.25, -0.2) is 4.79 Å². The average Bonchev–Trinajstić information content (AvgIpc) is 2.96. The Hall–Kier alpha value is -2.42. The van der Waals surface area contributed by atoms with Crippen LogP contribution in [-0.4, -0.2) is 55.2 Å². The molecule has 0 aliphatic carbocycles. The number of fused-ring (bicyclic) bond motifs is 1. The van der Waals surface area contributed by atoms with Crippen molar-refractivity contribution in [1.82, 2.24) is 0 Å². The molecule has 0 unspecified atom stereocenters. The highest BCUT2D eigenvalue weighted by Crippen LogP contribution is 2.62. The number of ether oxygens (including phenoxy) is 2. The largest absolute Gasteiger partial charge is 0.480 e. The van der Waals surface area contributed by atoms with Gasteiger partial charge in [-0.2, -0.15) is 10.6 Å². The molecule has 36 heavy (non-hydrogen) atoms. The lowest BCUT2D eigenvalue weighted by Gasteiger charge is -2.42. The Bertz CT molecular complexity index is 1000. The number of unbranched alkanes of at least 4 members (excludes halogenated alkanes) is 2. The summed E-state index contributed by atoms with van der Waals surface area (Å²) < 4.78 is 34.0. The lowest BCUT2D eigenvalue weighted by molar-refractivity contribution is -0.142. The molecular weight excluding hydrogens is 476 g/mol. The van der Waals surface area contributed by atoms with Gasteiger partial charge in [-0.1, -0.05) is 57.7 Å². The maximum atomic E-state index is 11.8. The van der Waals surface area contributed by atoms with Gasteiger partial charge in [0, 0.05) is 43.6 Å². The van der Waals surface area contributed by atoms with E-state index in [-0.39, 0.29) is 12.0 Å². The summed E-state index contributed by atoms with van der Waals surface area (Å²) in [5.41, 5.74) is 2.29. The summed E-state index contributed by atoms with van der Waals surface area (Å²) in [5, 5.41) is 0. The predicted molar refractivity (Wildman–Crippen MR) is 149 cm³/mol. The second-order valence-electron chi connectivity index (χ2n) is 9.99. The molecule has 0 atom stereocenters. The van der Waals surface area contributed by atoms with E-state index in [4.69, 9.17) is 9.47 Å². The molecular formula is C28H42N2O5S. The number of hydrogen-bond acceptors (Lipinski definition) is 7. The van der Waals surface area contributed by atoms with Crippen LogP contribution >= 0.6 is 10.6 Å². The predicted octanol–water partition coefficient (Wildman–Crippen LogP) is 6.93. The van der Waals surface area contributed by atoms with Crippen molar-refractivity contribution in [2.75, 3.05) is 49.9 Å². The normalized spacial score (nSPS) is 17.0. The van der Waals surface area contributed by atoms with Crippen molar-refractivity contribution in [3.8, 4) is 5.75 Å². The number of carbonyl (C=O) groups is 1. The lowest BCUT2D eigenvalue weighted by Crippen LogP contribution is -2.37. The van der Waals surface area contributed by atoms with Crippen molar-refractivity contribution in [2.24, 2.45) is 5.41 Å². The topological polar surface area (TPSA) is 82.5 Å². The fraction of sp³-hybridized carbons (Fsp3) is 0.536. The Balaban J connectivity index is 2.22. The number of carbonyl (C=O) groups excluding carboxylic acids is 1. The van der Waals surface area contributed by atoms with Gasteiger partial charge in [0.1, 0.15) is 5.75 Å². The Kier molecular flexibility index (Phi) is 9.55. The summed E-state index contributed by atoms with van der Waals surface area (Å²) >= 11 is 0. The Morgan fingerprint density at radius 3 is 2.28 bits per heavy atom. The van der Waals surface area contributed by atoms with Gasteiger partial charge in [-0.15, -0.1) is 0 Å². The van der Waals surface area contributed by atoms with Crippen LogP contribution in [0.3, 0.4) is 0 Å². The number of benzene rings is 2. The molecule has 0 saturated heterocycles. The third-order valence-electron chi connectivity index (χ3n) is 6.93. The van der Waals surface area contributed by atoms with Gasteiger partial charge in [0.2, 0.25) is 0 Å². The van der Waals surface area contributed by atoms with E-state index in [1.165, 1.54) is 7.11 Å².